The van der Waals surface area contributed by atoms with Crippen molar-refractivity contribution in [1.82, 2.24) is 5.32 Å². The van der Waals surface area contributed by atoms with Crippen molar-refractivity contribution in [3.05, 3.63) is 65.7 Å². The second kappa shape index (κ2) is 5.16. The largest absolute Gasteiger partial charge is 0.399 e. The van der Waals surface area contributed by atoms with Crippen molar-refractivity contribution in [3.8, 4) is 0 Å². The number of amides is 1. The van der Waals surface area contributed by atoms with Gasteiger partial charge in [0.05, 0.1) is 0 Å². The van der Waals surface area contributed by atoms with E-state index in [4.69, 9.17) is 5.73 Å². The van der Waals surface area contributed by atoms with Crippen molar-refractivity contribution in [2.45, 2.75) is 6.54 Å². The molecule has 0 aliphatic carbocycles. The molecule has 0 unspecified atom stereocenters. The van der Waals surface area contributed by atoms with Crippen LogP contribution in [0.5, 0.6) is 0 Å². The van der Waals surface area contributed by atoms with E-state index < -0.39 is 0 Å². The van der Waals surface area contributed by atoms with E-state index in [0.29, 0.717) is 17.8 Å². The molecule has 1 amide bonds. The molecule has 0 saturated carbocycles. The summed E-state index contributed by atoms with van der Waals surface area (Å²) in [5.74, 6) is -0.0890. The van der Waals surface area contributed by atoms with E-state index in [2.05, 4.69) is 5.32 Å². The molecule has 0 saturated heterocycles. The van der Waals surface area contributed by atoms with Crippen LogP contribution in [0.15, 0.2) is 54.6 Å². The molecule has 2 rings (SSSR count). The van der Waals surface area contributed by atoms with Crippen molar-refractivity contribution in [1.29, 1.82) is 0 Å². The third kappa shape index (κ3) is 3.08. The lowest BCUT2D eigenvalue weighted by atomic mass is 10.2. The Bertz CT molecular complexity index is 491. The van der Waals surface area contributed by atoms with Gasteiger partial charge < -0.3 is 11.1 Å². The first-order chi connectivity index (χ1) is 8.25. The van der Waals surface area contributed by atoms with Gasteiger partial charge in [0, 0.05) is 17.8 Å². The summed E-state index contributed by atoms with van der Waals surface area (Å²) >= 11 is 0. The van der Waals surface area contributed by atoms with E-state index in [0.717, 1.165) is 5.56 Å². The number of nitrogen functional groups attached to an aromatic ring is 1. The Hall–Kier alpha value is -2.29. The van der Waals surface area contributed by atoms with Crippen LogP contribution in [0.3, 0.4) is 0 Å². The lowest BCUT2D eigenvalue weighted by Gasteiger charge is -2.05. The minimum atomic E-state index is -0.0890. The van der Waals surface area contributed by atoms with Crippen LogP contribution in [0.25, 0.3) is 0 Å². The molecule has 2 aromatic carbocycles. The highest BCUT2D eigenvalue weighted by Crippen LogP contribution is 2.05. The van der Waals surface area contributed by atoms with E-state index in [1.54, 1.807) is 24.3 Å². The molecular formula is C14H14N2O. The molecule has 0 atom stereocenters. The molecule has 0 aliphatic rings. The molecule has 3 N–H and O–H groups in total. The summed E-state index contributed by atoms with van der Waals surface area (Å²) in [6.45, 7) is 0.532. The van der Waals surface area contributed by atoms with Crippen molar-refractivity contribution >= 4 is 11.6 Å². The summed E-state index contributed by atoms with van der Waals surface area (Å²) in [4.78, 5) is 11.8. The summed E-state index contributed by atoms with van der Waals surface area (Å²) in [6, 6.07) is 16.7. The van der Waals surface area contributed by atoms with E-state index in [-0.39, 0.29) is 5.91 Å². The van der Waals surface area contributed by atoms with E-state index in [9.17, 15) is 4.79 Å². The maximum atomic E-state index is 11.8. The van der Waals surface area contributed by atoms with Crippen LogP contribution in [-0.2, 0) is 6.54 Å². The third-order valence-electron chi connectivity index (χ3n) is 2.47. The molecule has 0 spiro atoms. The predicted octanol–water partition coefficient (Wildman–Crippen LogP) is 2.20. The number of carbonyl (C=O) groups is 1. The standard InChI is InChI=1S/C14H14N2O/c15-13-8-6-12(7-9-13)14(17)16-10-11-4-2-1-3-5-11/h1-9H,10,15H2,(H,16,17). The van der Waals surface area contributed by atoms with Crippen molar-refractivity contribution in [2.75, 3.05) is 5.73 Å². The molecular weight excluding hydrogens is 212 g/mol. The Morgan fingerprint density at radius 1 is 1.00 bits per heavy atom. The van der Waals surface area contributed by atoms with Crippen LogP contribution >= 0.6 is 0 Å². The Morgan fingerprint density at radius 3 is 2.29 bits per heavy atom. The number of carbonyl (C=O) groups excluding carboxylic acids is 1. The Morgan fingerprint density at radius 2 is 1.65 bits per heavy atom. The van der Waals surface area contributed by atoms with Gasteiger partial charge in [0.2, 0.25) is 0 Å². The number of anilines is 1. The van der Waals surface area contributed by atoms with Crippen molar-refractivity contribution in [2.24, 2.45) is 0 Å². The zero-order valence-corrected chi connectivity index (χ0v) is 9.39. The van der Waals surface area contributed by atoms with E-state index in [1.165, 1.54) is 0 Å². The lowest BCUT2D eigenvalue weighted by Crippen LogP contribution is -2.22. The van der Waals surface area contributed by atoms with Gasteiger partial charge in [0.15, 0.2) is 0 Å². The number of hydrogen-bond acceptors (Lipinski definition) is 2. The summed E-state index contributed by atoms with van der Waals surface area (Å²) in [6.07, 6.45) is 0. The summed E-state index contributed by atoms with van der Waals surface area (Å²) in [7, 11) is 0. The maximum Gasteiger partial charge on any atom is 0.251 e. The lowest BCUT2D eigenvalue weighted by molar-refractivity contribution is 0.0951. The highest BCUT2D eigenvalue weighted by Gasteiger charge is 2.03. The fraction of sp³-hybridized carbons (Fsp3) is 0.0714. The molecule has 3 heteroatoms. The Balaban J connectivity index is 1.96. The smallest absolute Gasteiger partial charge is 0.251 e. The van der Waals surface area contributed by atoms with Crippen LogP contribution in [0.2, 0.25) is 0 Å². The average molecular weight is 226 g/mol. The summed E-state index contributed by atoms with van der Waals surface area (Å²) in [5, 5.41) is 2.85. The topological polar surface area (TPSA) is 55.1 Å². The quantitative estimate of drug-likeness (QED) is 0.788. The van der Waals surface area contributed by atoms with Crippen molar-refractivity contribution in [3.63, 3.8) is 0 Å². The maximum absolute atomic E-state index is 11.8. The van der Waals surface area contributed by atoms with E-state index in [1.807, 2.05) is 30.3 Å². The molecule has 0 bridgehead atoms. The van der Waals surface area contributed by atoms with Gasteiger partial charge >= 0.3 is 0 Å². The highest BCUT2D eigenvalue weighted by atomic mass is 16.1. The van der Waals surface area contributed by atoms with Gasteiger partial charge in [-0.1, -0.05) is 30.3 Å². The summed E-state index contributed by atoms with van der Waals surface area (Å²) < 4.78 is 0. The van der Waals surface area contributed by atoms with Gasteiger partial charge in [-0.2, -0.15) is 0 Å². The SMILES string of the molecule is Nc1ccc(C(=O)NCc2ccccc2)cc1. The van der Waals surface area contributed by atoms with Crippen LogP contribution in [0, 0.1) is 0 Å². The highest BCUT2D eigenvalue weighted by molar-refractivity contribution is 5.94. The van der Waals surface area contributed by atoms with Gasteiger partial charge in [-0.15, -0.1) is 0 Å². The average Bonchev–Trinajstić information content (AvgIpc) is 2.38. The van der Waals surface area contributed by atoms with Crippen LogP contribution in [0.4, 0.5) is 5.69 Å². The van der Waals surface area contributed by atoms with E-state index >= 15 is 0 Å². The number of nitrogens with two attached hydrogens (primary N) is 1. The molecule has 0 heterocycles. The Labute approximate surface area is 100 Å². The molecule has 2 aromatic rings. The molecule has 17 heavy (non-hydrogen) atoms. The normalized spacial score (nSPS) is 9.88. The number of nitrogens with one attached hydrogen (secondary N) is 1. The predicted molar refractivity (Wildman–Crippen MR) is 68.5 cm³/mol. The second-order valence-electron chi connectivity index (χ2n) is 3.79. The van der Waals surface area contributed by atoms with Gasteiger partial charge in [-0.3, -0.25) is 4.79 Å². The fourth-order valence-electron chi connectivity index (χ4n) is 1.51. The molecule has 0 radical (unpaired) electrons. The minimum absolute atomic E-state index is 0.0890. The number of benzene rings is 2. The molecule has 3 nitrogen and oxygen atoms in total. The van der Waals surface area contributed by atoms with Gasteiger partial charge in [-0.25, -0.2) is 0 Å². The number of rotatable bonds is 3. The monoisotopic (exact) mass is 226 g/mol. The first-order valence-electron chi connectivity index (χ1n) is 5.43. The number of hydrogen-bond donors (Lipinski definition) is 2. The zero-order valence-electron chi connectivity index (χ0n) is 9.39. The van der Waals surface area contributed by atoms with Gasteiger partial charge in [0.1, 0.15) is 0 Å². The first-order valence-corrected chi connectivity index (χ1v) is 5.43. The van der Waals surface area contributed by atoms with Crippen LogP contribution in [0.1, 0.15) is 15.9 Å². The fourth-order valence-corrected chi connectivity index (χ4v) is 1.51. The molecule has 0 fully saturated rings. The third-order valence-corrected chi connectivity index (χ3v) is 2.47. The van der Waals surface area contributed by atoms with Gasteiger partial charge in [0.25, 0.3) is 5.91 Å². The van der Waals surface area contributed by atoms with Crippen LogP contribution in [-0.4, -0.2) is 5.91 Å². The van der Waals surface area contributed by atoms with Crippen molar-refractivity contribution < 1.29 is 4.79 Å². The molecule has 0 aliphatic heterocycles. The Kier molecular flexibility index (Phi) is 3.40. The van der Waals surface area contributed by atoms with Gasteiger partial charge in [-0.05, 0) is 29.8 Å². The second-order valence-corrected chi connectivity index (χ2v) is 3.79. The molecule has 86 valence electrons. The zero-order chi connectivity index (χ0) is 12.1. The molecule has 0 aromatic heterocycles. The first kappa shape index (κ1) is 11.2. The summed E-state index contributed by atoms with van der Waals surface area (Å²) in [5.41, 5.74) is 7.92. The minimum Gasteiger partial charge on any atom is -0.399 e. The van der Waals surface area contributed by atoms with Crippen LogP contribution < -0.4 is 11.1 Å².